The largest absolute Gasteiger partial charge is 0.311 e. The molecule has 4 heterocycles. The molecule has 3 aliphatic heterocycles. The van der Waals surface area contributed by atoms with Crippen molar-refractivity contribution in [3.63, 3.8) is 0 Å². The maximum atomic E-state index is 4.98. The van der Waals surface area contributed by atoms with Crippen molar-refractivity contribution in [3.8, 4) is 0 Å². The molecule has 1 aromatic heterocycles. The Morgan fingerprint density at radius 1 is 1.10 bits per heavy atom. The Morgan fingerprint density at radius 3 is 2.62 bits per heavy atom. The molecule has 0 radical (unpaired) electrons. The zero-order chi connectivity index (χ0) is 20.2. The molecule has 3 aromatic rings. The first-order valence-corrected chi connectivity index (χ1v) is 14.8. The molecule has 0 bridgehead atoms. The van der Waals surface area contributed by atoms with Gasteiger partial charge in [-0.15, -0.1) is 0 Å². The highest BCUT2D eigenvalue weighted by Crippen LogP contribution is 2.55. The molecular weight excluding hydrogens is 390 g/mol. The van der Waals surface area contributed by atoms with E-state index in [1.54, 1.807) is 4.53 Å². The number of aromatic nitrogens is 1. The smallest absolute Gasteiger partial charge is 0.281 e. The first-order chi connectivity index (χ1) is 13.8. The van der Waals surface area contributed by atoms with Gasteiger partial charge in [-0.25, -0.2) is 4.58 Å². The van der Waals surface area contributed by atoms with Crippen molar-refractivity contribution < 1.29 is 4.58 Å². The first kappa shape index (κ1) is 17.7. The summed E-state index contributed by atoms with van der Waals surface area (Å²) >= 11 is 2.03. The summed E-state index contributed by atoms with van der Waals surface area (Å²) in [7, 11) is 0.655. The van der Waals surface area contributed by atoms with Crippen LogP contribution in [0.1, 0.15) is 16.7 Å². The SMILES string of the molecule is Cc1cc2c3ccccc3n3c2c(c1C)C1=[N+](C)C=NC2SC([Si](C)(C)C)=C3C12. The van der Waals surface area contributed by atoms with E-state index in [4.69, 9.17) is 4.99 Å². The maximum Gasteiger partial charge on any atom is 0.281 e. The molecule has 3 aliphatic rings. The van der Waals surface area contributed by atoms with Crippen LogP contribution in [-0.4, -0.2) is 41.7 Å². The van der Waals surface area contributed by atoms with Gasteiger partial charge < -0.3 is 4.57 Å². The van der Waals surface area contributed by atoms with Crippen LogP contribution in [0.5, 0.6) is 0 Å². The second-order valence-corrected chi connectivity index (χ2v) is 16.1. The van der Waals surface area contributed by atoms with Crippen molar-refractivity contribution in [3.05, 3.63) is 51.6 Å². The Morgan fingerprint density at radius 2 is 1.86 bits per heavy atom. The molecule has 146 valence electrons. The summed E-state index contributed by atoms with van der Waals surface area (Å²) in [6.07, 6.45) is 2.06. The average molecular weight is 417 g/mol. The average Bonchev–Trinajstić information content (AvgIpc) is 3.21. The number of hydrogen-bond donors (Lipinski definition) is 0. The number of thioether (sulfide) groups is 1. The third kappa shape index (κ3) is 2.10. The summed E-state index contributed by atoms with van der Waals surface area (Å²) in [5, 5.41) is 3.02. The molecule has 2 aromatic carbocycles. The molecule has 2 unspecified atom stereocenters. The molecule has 29 heavy (non-hydrogen) atoms. The van der Waals surface area contributed by atoms with E-state index in [9.17, 15) is 0 Å². The van der Waals surface area contributed by atoms with Gasteiger partial charge in [0, 0.05) is 22.0 Å². The molecule has 0 saturated heterocycles. The van der Waals surface area contributed by atoms with Crippen molar-refractivity contribution in [2.24, 2.45) is 10.9 Å². The topological polar surface area (TPSA) is 20.3 Å². The van der Waals surface area contributed by atoms with E-state index >= 15 is 0 Å². The van der Waals surface area contributed by atoms with Crippen LogP contribution in [0.25, 0.3) is 27.5 Å². The van der Waals surface area contributed by atoms with Gasteiger partial charge in [0.15, 0.2) is 0 Å². The van der Waals surface area contributed by atoms with E-state index < -0.39 is 8.07 Å². The molecule has 0 amide bonds. The fourth-order valence-electron chi connectivity index (χ4n) is 5.41. The molecule has 6 rings (SSSR count). The molecule has 0 saturated carbocycles. The summed E-state index contributed by atoms with van der Waals surface area (Å²) in [4.78, 5) is 4.98. The van der Waals surface area contributed by atoms with Crippen LogP contribution in [0.2, 0.25) is 19.6 Å². The molecule has 0 aliphatic carbocycles. The van der Waals surface area contributed by atoms with Gasteiger partial charge in [-0.3, -0.25) is 0 Å². The van der Waals surface area contributed by atoms with E-state index in [0.29, 0.717) is 5.92 Å². The van der Waals surface area contributed by atoms with Crippen LogP contribution in [0.4, 0.5) is 0 Å². The molecule has 5 heteroatoms. The number of fused-ring (bicyclic) bond motifs is 5. The van der Waals surface area contributed by atoms with Gasteiger partial charge in [0.25, 0.3) is 6.34 Å². The summed E-state index contributed by atoms with van der Waals surface area (Å²) in [6.45, 7) is 12.0. The maximum absolute atomic E-state index is 4.98. The summed E-state index contributed by atoms with van der Waals surface area (Å²) < 4.78 is 6.52. The van der Waals surface area contributed by atoms with Crippen LogP contribution in [0, 0.1) is 19.8 Å². The monoisotopic (exact) mass is 416 g/mol. The molecule has 0 fully saturated rings. The molecule has 2 atom stereocenters. The summed E-state index contributed by atoms with van der Waals surface area (Å²) in [5.74, 6) is 0.337. The van der Waals surface area contributed by atoms with Crippen molar-refractivity contribution in [2.75, 3.05) is 7.05 Å². The third-order valence-electron chi connectivity index (χ3n) is 6.77. The number of benzene rings is 2. The Hall–Kier alpha value is -2.11. The molecule has 3 nitrogen and oxygen atoms in total. The minimum Gasteiger partial charge on any atom is -0.311 e. The van der Waals surface area contributed by atoms with Crippen LogP contribution >= 0.6 is 11.8 Å². The minimum atomic E-state index is -1.52. The van der Waals surface area contributed by atoms with Crippen LogP contribution in [-0.2, 0) is 0 Å². The van der Waals surface area contributed by atoms with E-state index in [1.165, 1.54) is 49.9 Å². The highest BCUT2D eigenvalue weighted by Gasteiger charge is 2.53. The molecule has 0 N–H and O–H groups in total. The Bertz CT molecular complexity index is 1350. The van der Waals surface area contributed by atoms with E-state index in [-0.39, 0.29) is 5.37 Å². The lowest BCUT2D eigenvalue weighted by Gasteiger charge is -2.31. The fraction of sp³-hybridized carbons (Fsp3) is 0.333. The van der Waals surface area contributed by atoms with Gasteiger partial charge in [0.1, 0.15) is 11.6 Å². The van der Waals surface area contributed by atoms with Crippen molar-refractivity contribution >= 4 is 59.4 Å². The van der Waals surface area contributed by atoms with Gasteiger partial charge >= 0.3 is 0 Å². The molecular formula is C24H26N3SSi+. The normalized spacial score (nSPS) is 23.0. The Kier molecular flexibility index (Phi) is 3.37. The summed E-state index contributed by atoms with van der Waals surface area (Å²) in [5.41, 5.74) is 9.91. The van der Waals surface area contributed by atoms with Crippen LogP contribution in [0.15, 0.2) is 39.9 Å². The minimum absolute atomic E-state index is 0.266. The van der Waals surface area contributed by atoms with Gasteiger partial charge in [0.05, 0.1) is 26.2 Å². The predicted molar refractivity (Wildman–Crippen MR) is 129 cm³/mol. The molecule has 0 spiro atoms. The lowest BCUT2D eigenvalue weighted by atomic mass is 9.84. The van der Waals surface area contributed by atoms with Gasteiger partial charge in [-0.1, -0.05) is 54.6 Å². The summed E-state index contributed by atoms with van der Waals surface area (Å²) in [6, 6.07) is 11.4. The van der Waals surface area contributed by atoms with Crippen molar-refractivity contribution in [1.29, 1.82) is 0 Å². The fourth-order valence-corrected chi connectivity index (χ4v) is 9.31. The lowest BCUT2D eigenvalue weighted by molar-refractivity contribution is -0.364. The number of aryl methyl sites for hydroxylation is 1. The van der Waals surface area contributed by atoms with Crippen molar-refractivity contribution in [1.82, 2.24) is 4.57 Å². The second-order valence-electron chi connectivity index (χ2n) is 9.65. The van der Waals surface area contributed by atoms with Crippen LogP contribution < -0.4 is 0 Å². The Balaban J connectivity index is 1.93. The standard InChI is InChI=1S/C24H26N3SSi/c1-13-11-16-15-9-7-8-10-17(15)27-20(16)18(14(13)2)21-19-22(27)24(29(4,5)6)28-23(19)25-12-26(21)3/h7-12,19,23H,1-6H3/q+1. The zero-order valence-electron chi connectivity index (χ0n) is 17.9. The van der Waals surface area contributed by atoms with Gasteiger partial charge in [-0.05, 0) is 41.6 Å². The third-order valence-corrected chi connectivity index (χ3v) is 11.7. The van der Waals surface area contributed by atoms with E-state index in [2.05, 4.69) is 86.3 Å². The second kappa shape index (κ2) is 5.52. The van der Waals surface area contributed by atoms with Gasteiger partial charge in [-0.2, -0.15) is 0 Å². The van der Waals surface area contributed by atoms with E-state index in [0.717, 1.165) is 0 Å². The van der Waals surface area contributed by atoms with Crippen LogP contribution in [0.3, 0.4) is 0 Å². The Labute approximate surface area is 176 Å². The zero-order valence-corrected chi connectivity index (χ0v) is 19.7. The van der Waals surface area contributed by atoms with E-state index in [1.807, 2.05) is 11.8 Å². The number of aliphatic imine (C=N–C) groups is 1. The number of para-hydroxylation sites is 1. The lowest BCUT2D eigenvalue weighted by Crippen LogP contribution is -2.39. The predicted octanol–water partition coefficient (Wildman–Crippen LogP) is 5.63. The number of hydrogen-bond acceptors (Lipinski definition) is 2. The highest BCUT2D eigenvalue weighted by atomic mass is 32.2. The number of nitrogens with zero attached hydrogens (tertiary/aromatic N) is 3. The quantitative estimate of drug-likeness (QED) is 0.372. The number of rotatable bonds is 1. The highest BCUT2D eigenvalue weighted by molar-refractivity contribution is 8.06. The first-order valence-electron chi connectivity index (χ1n) is 10.4. The van der Waals surface area contributed by atoms with Crippen molar-refractivity contribution in [2.45, 2.75) is 38.9 Å². The van der Waals surface area contributed by atoms with Gasteiger partial charge in [0.2, 0.25) is 5.37 Å².